The summed E-state index contributed by atoms with van der Waals surface area (Å²) < 4.78 is 2.48. The second-order valence-electron chi connectivity index (χ2n) is 5.98. The molecule has 3 nitrogen and oxygen atoms in total. The van der Waals surface area contributed by atoms with Gasteiger partial charge in [-0.3, -0.25) is 0 Å². The number of nitrogens with zero attached hydrogens (tertiary/aromatic N) is 2. The van der Waals surface area contributed by atoms with Crippen molar-refractivity contribution < 1.29 is 0 Å². The van der Waals surface area contributed by atoms with Gasteiger partial charge in [-0.2, -0.15) is 0 Å². The lowest BCUT2D eigenvalue weighted by atomic mass is 9.97. The van der Waals surface area contributed by atoms with E-state index >= 15 is 0 Å². The van der Waals surface area contributed by atoms with Crippen LogP contribution in [-0.4, -0.2) is 9.55 Å². The molecule has 2 N–H and O–H groups in total. The number of anilines is 1. The van der Waals surface area contributed by atoms with Crippen molar-refractivity contribution in [3.05, 3.63) is 24.0 Å². The Balaban J connectivity index is 2.16. The Bertz CT molecular complexity index is 599. The van der Waals surface area contributed by atoms with Crippen LogP contribution in [0.25, 0.3) is 11.0 Å². The summed E-state index contributed by atoms with van der Waals surface area (Å²) in [4.78, 5) is 4.78. The first-order valence-corrected chi connectivity index (χ1v) is 7.38. The molecule has 3 atom stereocenters. The highest BCUT2D eigenvalue weighted by molar-refractivity contribution is 5.79. The third-order valence-electron chi connectivity index (χ3n) is 4.86. The number of nitrogen functional groups attached to an aromatic ring is 1. The molecule has 1 heterocycles. The zero-order chi connectivity index (χ0) is 13.6. The van der Waals surface area contributed by atoms with Gasteiger partial charge in [-0.1, -0.05) is 20.8 Å². The van der Waals surface area contributed by atoms with Crippen molar-refractivity contribution in [2.24, 2.45) is 11.8 Å². The van der Waals surface area contributed by atoms with Crippen LogP contribution in [0.3, 0.4) is 0 Å². The average molecular weight is 257 g/mol. The second kappa shape index (κ2) is 4.55. The highest BCUT2D eigenvalue weighted by Crippen LogP contribution is 2.42. The minimum atomic E-state index is 0.596. The first-order chi connectivity index (χ1) is 9.11. The fraction of sp³-hybridized carbons (Fsp3) is 0.562. The Morgan fingerprint density at radius 3 is 2.74 bits per heavy atom. The monoisotopic (exact) mass is 257 g/mol. The Morgan fingerprint density at radius 1 is 1.32 bits per heavy atom. The molecule has 102 valence electrons. The number of benzene rings is 1. The van der Waals surface area contributed by atoms with Gasteiger partial charge in [-0.25, -0.2) is 4.98 Å². The van der Waals surface area contributed by atoms with E-state index in [4.69, 9.17) is 10.7 Å². The van der Waals surface area contributed by atoms with Crippen LogP contribution >= 0.6 is 0 Å². The van der Waals surface area contributed by atoms with E-state index in [1.165, 1.54) is 24.2 Å². The van der Waals surface area contributed by atoms with Crippen LogP contribution in [-0.2, 0) is 6.42 Å². The molecule has 3 rings (SSSR count). The molecule has 1 aromatic heterocycles. The molecule has 3 heteroatoms. The van der Waals surface area contributed by atoms with E-state index in [1.807, 2.05) is 12.1 Å². The van der Waals surface area contributed by atoms with Gasteiger partial charge in [0.05, 0.1) is 11.0 Å². The van der Waals surface area contributed by atoms with Crippen LogP contribution in [0.5, 0.6) is 0 Å². The zero-order valence-electron chi connectivity index (χ0n) is 12.1. The predicted octanol–water partition coefficient (Wildman–Crippen LogP) is 3.79. The van der Waals surface area contributed by atoms with Crippen LogP contribution in [0.2, 0.25) is 0 Å². The summed E-state index contributed by atoms with van der Waals surface area (Å²) in [6.07, 6.45) is 3.57. The Labute approximate surface area is 114 Å². The molecule has 19 heavy (non-hydrogen) atoms. The number of hydrogen-bond acceptors (Lipinski definition) is 2. The number of imidazole rings is 1. The first kappa shape index (κ1) is 12.5. The lowest BCUT2D eigenvalue weighted by Crippen LogP contribution is -2.16. The number of nitrogens with two attached hydrogens (primary N) is 1. The van der Waals surface area contributed by atoms with Crippen LogP contribution in [0.1, 0.15) is 45.5 Å². The molecular weight excluding hydrogens is 234 g/mol. The van der Waals surface area contributed by atoms with Crippen molar-refractivity contribution in [1.29, 1.82) is 0 Å². The normalized spacial score (nSPS) is 27.2. The largest absolute Gasteiger partial charge is 0.399 e. The summed E-state index contributed by atoms with van der Waals surface area (Å²) in [6.45, 7) is 6.93. The van der Waals surface area contributed by atoms with Crippen LogP contribution < -0.4 is 5.73 Å². The zero-order valence-corrected chi connectivity index (χ0v) is 12.1. The van der Waals surface area contributed by atoms with Gasteiger partial charge < -0.3 is 10.3 Å². The maximum atomic E-state index is 5.88. The van der Waals surface area contributed by atoms with Gasteiger partial charge >= 0.3 is 0 Å². The molecule has 0 bridgehead atoms. The number of hydrogen-bond donors (Lipinski definition) is 1. The number of rotatable bonds is 2. The molecule has 2 aromatic rings. The van der Waals surface area contributed by atoms with Gasteiger partial charge in [0, 0.05) is 18.2 Å². The summed E-state index contributed by atoms with van der Waals surface area (Å²) >= 11 is 0. The second-order valence-corrected chi connectivity index (χ2v) is 5.98. The summed E-state index contributed by atoms with van der Waals surface area (Å²) in [5.41, 5.74) is 8.97. The summed E-state index contributed by atoms with van der Waals surface area (Å²) in [5, 5.41) is 0. The van der Waals surface area contributed by atoms with Crippen molar-refractivity contribution in [2.75, 3.05) is 5.73 Å². The van der Waals surface area contributed by atoms with Crippen molar-refractivity contribution in [3.8, 4) is 0 Å². The van der Waals surface area contributed by atoms with Crippen LogP contribution in [0, 0.1) is 11.8 Å². The number of aromatic nitrogens is 2. The van der Waals surface area contributed by atoms with E-state index in [0.29, 0.717) is 6.04 Å². The molecule has 0 radical (unpaired) electrons. The SMILES string of the molecule is CCc1nc2cc(N)ccc2n1C1CCC(C)C1C. The molecule has 0 saturated heterocycles. The molecule has 1 aliphatic carbocycles. The van der Waals surface area contributed by atoms with E-state index in [9.17, 15) is 0 Å². The van der Waals surface area contributed by atoms with Gasteiger partial charge in [0.1, 0.15) is 5.82 Å². The molecule has 0 spiro atoms. The summed E-state index contributed by atoms with van der Waals surface area (Å²) in [7, 11) is 0. The fourth-order valence-electron chi connectivity index (χ4n) is 3.49. The molecule has 3 unspecified atom stereocenters. The molecular formula is C16H23N3. The number of fused-ring (bicyclic) bond motifs is 1. The van der Waals surface area contributed by atoms with Gasteiger partial charge in [-0.05, 0) is 42.9 Å². The van der Waals surface area contributed by atoms with Crippen molar-refractivity contribution in [1.82, 2.24) is 9.55 Å². The van der Waals surface area contributed by atoms with Crippen LogP contribution in [0.15, 0.2) is 18.2 Å². The van der Waals surface area contributed by atoms with Crippen molar-refractivity contribution in [2.45, 2.75) is 46.1 Å². The quantitative estimate of drug-likeness (QED) is 0.832. The smallest absolute Gasteiger partial charge is 0.109 e. The Morgan fingerprint density at radius 2 is 2.11 bits per heavy atom. The molecule has 1 saturated carbocycles. The van der Waals surface area contributed by atoms with Crippen LogP contribution in [0.4, 0.5) is 5.69 Å². The highest BCUT2D eigenvalue weighted by atomic mass is 15.1. The molecule has 1 aliphatic rings. The van der Waals surface area contributed by atoms with E-state index in [0.717, 1.165) is 29.5 Å². The maximum absolute atomic E-state index is 5.88. The third kappa shape index (κ3) is 1.92. The minimum Gasteiger partial charge on any atom is -0.399 e. The Hall–Kier alpha value is -1.51. The minimum absolute atomic E-state index is 0.596. The lowest BCUT2D eigenvalue weighted by molar-refractivity contribution is 0.352. The summed E-state index contributed by atoms with van der Waals surface area (Å²) in [5.74, 6) is 2.73. The predicted molar refractivity (Wildman–Crippen MR) is 80.1 cm³/mol. The highest BCUT2D eigenvalue weighted by Gasteiger charge is 2.32. The number of aryl methyl sites for hydroxylation is 1. The van der Waals surface area contributed by atoms with E-state index in [-0.39, 0.29) is 0 Å². The topological polar surface area (TPSA) is 43.8 Å². The molecule has 0 aliphatic heterocycles. The van der Waals surface area contributed by atoms with E-state index < -0.39 is 0 Å². The maximum Gasteiger partial charge on any atom is 0.109 e. The van der Waals surface area contributed by atoms with Crippen molar-refractivity contribution >= 4 is 16.7 Å². The first-order valence-electron chi connectivity index (χ1n) is 7.38. The Kier molecular flexibility index (Phi) is 3.00. The standard InChI is InChI=1S/C16H23N3/c1-4-16-18-13-9-12(17)6-8-15(13)19(16)14-7-5-10(2)11(14)3/h6,8-11,14H,4-5,7,17H2,1-3H3. The van der Waals surface area contributed by atoms with E-state index in [2.05, 4.69) is 31.4 Å². The summed E-state index contributed by atoms with van der Waals surface area (Å²) in [6, 6.07) is 6.71. The van der Waals surface area contributed by atoms with Gasteiger partial charge in [0.2, 0.25) is 0 Å². The molecule has 1 fully saturated rings. The molecule has 1 aromatic carbocycles. The van der Waals surface area contributed by atoms with Crippen molar-refractivity contribution in [3.63, 3.8) is 0 Å². The molecule has 0 amide bonds. The fourth-order valence-corrected chi connectivity index (χ4v) is 3.49. The van der Waals surface area contributed by atoms with Gasteiger partial charge in [0.25, 0.3) is 0 Å². The van der Waals surface area contributed by atoms with Gasteiger partial charge in [0.15, 0.2) is 0 Å². The lowest BCUT2D eigenvalue weighted by Gasteiger charge is -2.22. The van der Waals surface area contributed by atoms with Gasteiger partial charge in [-0.15, -0.1) is 0 Å². The van der Waals surface area contributed by atoms with E-state index in [1.54, 1.807) is 0 Å². The average Bonchev–Trinajstić information content (AvgIpc) is 2.90. The third-order valence-corrected chi connectivity index (χ3v) is 4.86.